The van der Waals surface area contributed by atoms with Gasteiger partial charge in [0.2, 0.25) is 0 Å². The quantitative estimate of drug-likeness (QED) is 0.504. The molecule has 0 amide bonds. The molecule has 4 rings (SSSR count). The van der Waals surface area contributed by atoms with E-state index in [1.165, 1.54) is 25.0 Å². The van der Waals surface area contributed by atoms with E-state index in [9.17, 15) is 14.5 Å². The Kier molecular flexibility index (Phi) is 4.58. The second-order valence-corrected chi connectivity index (χ2v) is 8.00. The van der Waals surface area contributed by atoms with Crippen molar-refractivity contribution in [3.05, 3.63) is 34.1 Å². The summed E-state index contributed by atoms with van der Waals surface area (Å²) in [6.45, 7) is 4.70. The van der Waals surface area contributed by atoms with Crippen LogP contribution < -0.4 is 10.7 Å². The Balaban J connectivity index is 1.34. The van der Waals surface area contributed by atoms with Gasteiger partial charge in [-0.1, -0.05) is 0 Å². The molecule has 3 fully saturated rings. The molecule has 142 valence electrons. The normalized spacial score (nSPS) is 26.7. The average molecular weight is 363 g/mol. The van der Waals surface area contributed by atoms with E-state index in [1.807, 2.05) is 9.91 Å². The first-order valence-electron chi connectivity index (χ1n) is 9.42. The summed E-state index contributed by atoms with van der Waals surface area (Å²) in [7, 11) is 0. The Morgan fingerprint density at radius 3 is 2.54 bits per heavy atom. The van der Waals surface area contributed by atoms with E-state index in [2.05, 4.69) is 4.90 Å². The van der Waals surface area contributed by atoms with Crippen molar-refractivity contribution in [2.24, 2.45) is 11.3 Å². The van der Waals surface area contributed by atoms with Gasteiger partial charge in [-0.25, -0.2) is 9.40 Å². The summed E-state index contributed by atoms with van der Waals surface area (Å²) in [5.41, 5.74) is 0.599. The molecular weight excluding hydrogens is 337 g/mol. The summed E-state index contributed by atoms with van der Waals surface area (Å²) in [6.07, 6.45) is 6.00. The van der Waals surface area contributed by atoms with Gasteiger partial charge in [-0.05, 0) is 43.6 Å². The molecule has 1 aromatic rings. The summed E-state index contributed by atoms with van der Waals surface area (Å²) in [5, 5.41) is 12.7. The minimum absolute atomic E-state index is 0.201. The van der Waals surface area contributed by atoms with E-state index in [0.29, 0.717) is 17.3 Å². The molecule has 1 aromatic carbocycles. The molecule has 3 saturated heterocycles. The zero-order valence-corrected chi connectivity index (χ0v) is 14.9. The number of nitro benzene ring substituents is 1. The molecule has 0 saturated carbocycles. The van der Waals surface area contributed by atoms with E-state index < -0.39 is 10.7 Å². The minimum Gasteiger partial charge on any atom is -0.369 e. The van der Waals surface area contributed by atoms with Gasteiger partial charge in [0.15, 0.2) is 5.82 Å². The monoisotopic (exact) mass is 363 g/mol. The van der Waals surface area contributed by atoms with Gasteiger partial charge in [0, 0.05) is 38.8 Å². The Morgan fingerprint density at radius 1 is 1.19 bits per heavy atom. The number of nitrogens with two attached hydrogens (primary N) is 1. The number of halogens is 1. The summed E-state index contributed by atoms with van der Waals surface area (Å²) in [6, 6.07) is 3.93. The summed E-state index contributed by atoms with van der Waals surface area (Å²) >= 11 is 0. The van der Waals surface area contributed by atoms with E-state index in [-0.39, 0.29) is 5.69 Å². The van der Waals surface area contributed by atoms with Crippen LogP contribution in [0.4, 0.5) is 15.8 Å². The highest BCUT2D eigenvalue weighted by Crippen LogP contribution is 2.43. The van der Waals surface area contributed by atoms with Gasteiger partial charge in [0.25, 0.3) is 5.69 Å². The minimum atomic E-state index is -0.562. The molecular formula is C18H26FN5O2. The van der Waals surface area contributed by atoms with Crippen molar-refractivity contribution >= 4 is 11.4 Å². The van der Waals surface area contributed by atoms with E-state index in [4.69, 9.17) is 5.84 Å². The number of hydrazine groups is 1. The topological polar surface area (TPSA) is 78.9 Å². The zero-order valence-electron chi connectivity index (χ0n) is 14.9. The third kappa shape index (κ3) is 3.17. The first-order valence-corrected chi connectivity index (χ1v) is 9.42. The second kappa shape index (κ2) is 6.75. The van der Waals surface area contributed by atoms with Crippen LogP contribution in [-0.2, 0) is 0 Å². The fourth-order valence-electron chi connectivity index (χ4n) is 4.76. The van der Waals surface area contributed by atoms with Crippen molar-refractivity contribution in [1.82, 2.24) is 9.91 Å². The van der Waals surface area contributed by atoms with Gasteiger partial charge < -0.3 is 4.90 Å². The van der Waals surface area contributed by atoms with Crippen molar-refractivity contribution < 1.29 is 9.31 Å². The first kappa shape index (κ1) is 17.6. The Morgan fingerprint density at radius 2 is 1.92 bits per heavy atom. The molecule has 1 spiro atoms. The molecule has 1 unspecified atom stereocenters. The molecule has 0 radical (unpaired) electrons. The molecule has 0 aromatic heterocycles. The fraction of sp³-hybridized carbons (Fsp3) is 0.667. The number of nitrogens with zero attached hydrogens (tertiary/aromatic N) is 4. The molecule has 2 N–H and O–H groups in total. The van der Waals surface area contributed by atoms with Gasteiger partial charge in [-0.2, -0.15) is 0 Å². The highest BCUT2D eigenvalue weighted by molar-refractivity contribution is 5.52. The first-order chi connectivity index (χ1) is 12.5. The summed E-state index contributed by atoms with van der Waals surface area (Å²) < 4.78 is 14.3. The average Bonchev–Trinajstić information content (AvgIpc) is 2.60. The SMILES string of the molecule is NN1CCCCC1N1CC2(CCN(c3ccc([N+](=O)[O-])cc3F)CC2)C1. The molecule has 3 aliphatic heterocycles. The zero-order chi connectivity index (χ0) is 18.3. The van der Waals surface area contributed by atoms with Crippen LogP contribution in [0.15, 0.2) is 18.2 Å². The maximum absolute atomic E-state index is 14.3. The number of piperidine rings is 2. The summed E-state index contributed by atoms with van der Waals surface area (Å²) in [4.78, 5) is 14.7. The van der Waals surface area contributed by atoms with Crippen LogP contribution in [0.1, 0.15) is 32.1 Å². The molecule has 0 aliphatic carbocycles. The van der Waals surface area contributed by atoms with E-state index in [0.717, 1.165) is 58.1 Å². The number of rotatable bonds is 3. The van der Waals surface area contributed by atoms with Crippen molar-refractivity contribution in [2.45, 2.75) is 38.3 Å². The molecule has 1 atom stereocenters. The number of benzene rings is 1. The third-order valence-corrected chi connectivity index (χ3v) is 6.32. The van der Waals surface area contributed by atoms with Crippen LogP contribution in [-0.4, -0.2) is 53.7 Å². The summed E-state index contributed by atoms with van der Waals surface area (Å²) in [5.74, 6) is 5.64. The number of hydrogen-bond acceptors (Lipinski definition) is 6. The van der Waals surface area contributed by atoms with Crippen molar-refractivity contribution in [2.75, 3.05) is 37.6 Å². The molecule has 7 nitrogen and oxygen atoms in total. The van der Waals surface area contributed by atoms with Crippen LogP contribution in [0.25, 0.3) is 0 Å². The fourth-order valence-corrected chi connectivity index (χ4v) is 4.76. The van der Waals surface area contributed by atoms with E-state index in [1.54, 1.807) is 0 Å². The Labute approximate surface area is 152 Å². The lowest BCUT2D eigenvalue weighted by atomic mass is 9.71. The van der Waals surface area contributed by atoms with Gasteiger partial charge in [-0.15, -0.1) is 0 Å². The molecule has 0 bridgehead atoms. The lowest BCUT2D eigenvalue weighted by Crippen LogP contribution is -2.67. The van der Waals surface area contributed by atoms with Crippen LogP contribution in [0, 0.1) is 21.3 Å². The smallest absolute Gasteiger partial charge is 0.272 e. The number of anilines is 1. The standard InChI is InChI=1S/C18H26FN5O2/c19-15-11-14(24(25)26)4-5-16(15)21-9-6-18(7-10-21)12-22(13-18)17-3-1-2-8-23(17)20/h4-5,11,17H,1-3,6-10,12-13,20H2. The number of likely N-dealkylation sites (tertiary alicyclic amines) is 1. The van der Waals surface area contributed by atoms with Gasteiger partial charge in [0.1, 0.15) is 0 Å². The number of nitro groups is 1. The lowest BCUT2D eigenvalue weighted by molar-refractivity contribution is -0.385. The lowest BCUT2D eigenvalue weighted by Gasteiger charge is -2.58. The third-order valence-electron chi connectivity index (χ3n) is 6.32. The van der Waals surface area contributed by atoms with Crippen LogP contribution in [0.2, 0.25) is 0 Å². The molecule has 3 aliphatic rings. The van der Waals surface area contributed by atoms with Crippen molar-refractivity contribution in [3.8, 4) is 0 Å². The van der Waals surface area contributed by atoms with Gasteiger partial charge in [-0.3, -0.25) is 20.9 Å². The van der Waals surface area contributed by atoms with Crippen molar-refractivity contribution in [3.63, 3.8) is 0 Å². The Bertz CT molecular complexity index is 684. The van der Waals surface area contributed by atoms with Gasteiger partial charge in [0.05, 0.1) is 22.8 Å². The molecule has 26 heavy (non-hydrogen) atoms. The van der Waals surface area contributed by atoms with Crippen molar-refractivity contribution in [1.29, 1.82) is 0 Å². The predicted octanol–water partition coefficient (Wildman–Crippen LogP) is 2.32. The Hall–Kier alpha value is -1.77. The molecule has 3 heterocycles. The highest BCUT2D eigenvalue weighted by atomic mass is 19.1. The van der Waals surface area contributed by atoms with E-state index >= 15 is 0 Å². The maximum atomic E-state index is 14.3. The maximum Gasteiger partial charge on any atom is 0.272 e. The highest BCUT2D eigenvalue weighted by Gasteiger charge is 2.48. The largest absolute Gasteiger partial charge is 0.369 e. The van der Waals surface area contributed by atoms with Crippen LogP contribution in [0.3, 0.4) is 0 Å². The second-order valence-electron chi connectivity index (χ2n) is 8.00. The predicted molar refractivity (Wildman–Crippen MR) is 97.0 cm³/mol. The molecule has 8 heteroatoms. The van der Waals surface area contributed by atoms with Crippen LogP contribution >= 0.6 is 0 Å². The number of hydrogen-bond donors (Lipinski definition) is 1. The number of non-ortho nitro benzene ring substituents is 1. The van der Waals surface area contributed by atoms with Crippen LogP contribution in [0.5, 0.6) is 0 Å². The van der Waals surface area contributed by atoms with Gasteiger partial charge >= 0.3 is 0 Å².